The first kappa shape index (κ1) is 12.1. The Balaban J connectivity index is 1.93. The average Bonchev–Trinajstić information content (AvgIpc) is 2.59. The number of hydrogen-bond donors (Lipinski definition) is 1. The number of aromatic nitrogens is 4. The van der Waals surface area contributed by atoms with Crippen molar-refractivity contribution in [1.29, 1.82) is 0 Å². The van der Waals surface area contributed by atoms with Crippen molar-refractivity contribution in [1.82, 2.24) is 19.7 Å². The van der Waals surface area contributed by atoms with E-state index in [0.717, 1.165) is 28.6 Å². The van der Waals surface area contributed by atoms with Gasteiger partial charge in [0, 0.05) is 30.5 Å². The Labute approximate surface area is 113 Å². The summed E-state index contributed by atoms with van der Waals surface area (Å²) in [5.41, 5.74) is 4.19. The molecule has 100 valence electrons. The molecule has 0 aliphatic heterocycles. The summed E-state index contributed by atoms with van der Waals surface area (Å²) in [6.07, 6.45) is 5.56. The van der Waals surface area contributed by atoms with Gasteiger partial charge in [-0.2, -0.15) is 5.10 Å². The maximum absolute atomic E-state index is 4.62. The lowest BCUT2D eigenvalue weighted by Gasteiger charge is -2.26. The summed E-state index contributed by atoms with van der Waals surface area (Å²) in [6.45, 7) is 4.08. The van der Waals surface area contributed by atoms with Gasteiger partial charge in [0.05, 0.1) is 11.4 Å². The fourth-order valence-corrected chi connectivity index (χ4v) is 2.45. The van der Waals surface area contributed by atoms with Crippen LogP contribution in [-0.2, 0) is 7.05 Å². The van der Waals surface area contributed by atoms with E-state index in [9.17, 15) is 0 Å². The van der Waals surface area contributed by atoms with E-state index in [1.54, 1.807) is 0 Å². The predicted molar refractivity (Wildman–Crippen MR) is 75.0 cm³/mol. The minimum absolute atomic E-state index is 0.548. The van der Waals surface area contributed by atoms with Gasteiger partial charge in [0.15, 0.2) is 0 Å². The molecule has 1 N–H and O–H groups in total. The van der Waals surface area contributed by atoms with Crippen LogP contribution in [0.5, 0.6) is 0 Å². The number of rotatable bonds is 3. The fraction of sp³-hybridized carbons (Fsp3) is 0.500. The number of hydrogen-bond acceptors (Lipinski definition) is 4. The molecular weight excluding hydrogens is 238 g/mol. The molecule has 2 aromatic rings. The summed E-state index contributed by atoms with van der Waals surface area (Å²) in [4.78, 5) is 8.93. The van der Waals surface area contributed by atoms with Gasteiger partial charge in [-0.3, -0.25) is 4.68 Å². The lowest BCUT2D eigenvalue weighted by atomic mass is 9.93. The summed E-state index contributed by atoms with van der Waals surface area (Å²) in [5.74, 6) is 0.727. The van der Waals surface area contributed by atoms with Crippen LogP contribution in [0.25, 0.3) is 11.3 Å². The third-order valence-electron chi connectivity index (χ3n) is 3.86. The predicted octanol–water partition coefficient (Wildman–Crippen LogP) is 2.46. The SMILES string of the molecule is Cc1nn(C)c(C)c1-c1ccnc(NC2CCC2)n1. The highest BCUT2D eigenvalue weighted by Gasteiger charge is 2.19. The lowest BCUT2D eigenvalue weighted by Crippen LogP contribution is -2.28. The molecule has 3 rings (SSSR count). The second-order valence-electron chi connectivity index (χ2n) is 5.21. The van der Waals surface area contributed by atoms with E-state index >= 15 is 0 Å². The quantitative estimate of drug-likeness (QED) is 0.917. The topological polar surface area (TPSA) is 55.6 Å². The molecule has 1 saturated carbocycles. The van der Waals surface area contributed by atoms with E-state index < -0.39 is 0 Å². The van der Waals surface area contributed by atoms with E-state index in [1.165, 1.54) is 19.3 Å². The van der Waals surface area contributed by atoms with Gasteiger partial charge in [-0.15, -0.1) is 0 Å². The van der Waals surface area contributed by atoms with Crippen molar-refractivity contribution >= 4 is 5.95 Å². The molecule has 0 atom stereocenters. The molecule has 1 fully saturated rings. The summed E-state index contributed by atoms with van der Waals surface area (Å²) in [7, 11) is 1.96. The normalized spacial score (nSPS) is 15.3. The summed E-state index contributed by atoms with van der Waals surface area (Å²) in [5, 5.41) is 7.83. The zero-order chi connectivity index (χ0) is 13.4. The molecule has 0 spiro atoms. The van der Waals surface area contributed by atoms with Gasteiger partial charge in [-0.25, -0.2) is 9.97 Å². The van der Waals surface area contributed by atoms with Gasteiger partial charge in [0.25, 0.3) is 0 Å². The van der Waals surface area contributed by atoms with E-state index in [2.05, 4.69) is 27.3 Å². The molecule has 0 bridgehead atoms. The van der Waals surface area contributed by atoms with Gasteiger partial charge in [-0.1, -0.05) is 0 Å². The molecule has 1 aliphatic carbocycles. The molecule has 0 unspecified atom stereocenters. The van der Waals surface area contributed by atoms with Crippen LogP contribution in [0.15, 0.2) is 12.3 Å². The van der Waals surface area contributed by atoms with E-state index in [-0.39, 0.29) is 0 Å². The van der Waals surface area contributed by atoms with E-state index in [1.807, 2.05) is 30.9 Å². The maximum atomic E-state index is 4.62. The van der Waals surface area contributed by atoms with Crippen LogP contribution in [0.2, 0.25) is 0 Å². The van der Waals surface area contributed by atoms with Gasteiger partial charge in [0.1, 0.15) is 0 Å². The molecule has 2 heterocycles. The molecular formula is C14H19N5. The maximum Gasteiger partial charge on any atom is 0.223 e. The minimum Gasteiger partial charge on any atom is -0.351 e. The Morgan fingerprint density at radius 2 is 2.11 bits per heavy atom. The fourth-order valence-electron chi connectivity index (χ4n) is 2.45. The first-order chi connectivity index (χ1) is 9.15. The standard InChI is InChI=1S/C14H19N5/c1-9-13(10(2)19(3)18-9)12-7-8-15-14(17-12)16-11-5-4-6-11/h7-8,11H,4-6H2,1-3H3,(H,15,16,17). The van der Waals surface area contributed by atoms with Crippen LogP contribution in [0.4, 0.5) is 5.95 Å². The van der Waals surface area contributed by atoms with Crippen molar-refractivity contribution in [3.8, 4) is 11.3 Å². The molecule has 1 aliphatic rings. The molecule has 19 heavy (non-hydrogen) atoms. The largest absolute Gasteiger partial charge is 0.351 e. The van der Waals surface area contributed by atoms with Crippen LogP contribution in [0.3, 0.4) is 0 Å². The Morgan fingerprint density at radius 1 is 1.32 bits per heavy atom. The zero-order valence-electron chi connectivity index (χ0n) is 11.6. The highest BCUT2D eigenvalue weighted by molar-refractivity contribution is 5.65. The first-order valence-electron chi connectivity index (χ1n) is 6.75. The van der Waals surface area contributed by atoms with Gasteiger partial charge in [0.2, 0.25) is 5.95 Å². The second kappa shape index (κ2) is 4.64. The zero-order valence-corrected chi connectivity index (χ0v) is 11.6. The van der Waals surface area contributed by atoms with Crippen molar-refractivity contribution in [2.45, 2.75) is 39.2 Å². The summed E-state index contributed by atoms with van der Waals surface area (Å²) >= 11 is 0. The van der Waals surface area contributed by atoms with Crippen LogP contribution >= 0.6 is 0 Å². The molecule has 0 saturated heterocycles. The molecule has 5 nitrogen and oxygen atoms in total. The second-order valence-corrected chi connectivity index (χ2v) is 5.21. The number of anilines is 1. The van der Waals surface area contributed by atoms with Crippen LogP contribution in [-0.4, -0.2) is 25.8 Å². The summed E-state index contributed by atoms with van der Waals surface area (Å²) < 4.78 is 1.89. The Morgan fingerprint density at radius 3 is 2.68 bits per heavy atom. The Kier molecular flexibility index (Phi) is 2.97. The Hall–Kier alpha value is -1.91. The van der Waals surface area contributed by atoms with Crippen LogP contribution in [0.1, 0.15) is 30.7 Å². The van der Waals surface area contributed by atoms with Crippen molar-refractivity contribution < 1.29 is 0 Å². The van der Waals surface area contributed by atoms with Crippen molar-refractivity contribution in [2.24, 2.45) is 7.05 Å². The highest BCUT2D eigenvalue weighted by Crippen LogP contribution is 2.26. The average molecular weight is 257 g/mol. The molecule has 0 amide bonds. The first-order valence-corrected chi connectivity index (χ1v) is 6.75. The monoisotopic (exact) mass is 257 g/mol. The number of nitrogens with one attached hydrogen (secondary N) is 1. The van der Waals surface area contributed by atoms with Gasteiger partial charge < -0.3 is 5.32 Å². The van der Waals surface area contributed by atoms with Crippen molar-refractivity contribution in [2.75, 3.05) is 5.32 Å². The highest BCUT2D eigenvalue weighted by atomic mass is 15.3. The Bertz CT molecular complexity index is 598. The number of aryl methyl sites for hydroxylation is 2. The van der Waals surface area contributed by atoms with Gasteiger partial charge >= 0.3 is 0 Å². The van der Waals surface area contributed by atoms with Crippen LogP contribution in [0, 0.1) is 13.8 Å². The van der Waals surface area contributed by atoms with E-state index in [0.29, 0.717) is 6.04 Å². The number of nitrogens with zero attached hydrogens (tertiary/aromatic N) is 4. The molecule has 0 aromatic carbocycles. The van der Waals surface area contributed by atoms with Crippen molar-refractivity contribution in [3.05, 3.63) is 23.7 Å². The molecule has 0 radical (unpaired) electrons. The van der Waals surface area contributed by atoms with Crippen molar-refractivity contribution in [3.63, 3.8) is 0 Å². The molecule has 5 heteroatoms. The molecule has 2 aromatic heterocycles. The lowest BCUT2D eigenvalue weighted by molar-refractivity contribution is 0.443. The summed E-state index contributed by atoms with van der Waals surface area (Å²) in [6, 6.07) is 2.49. The third-order valence-corrected chi connectivity index (χ3v) is 3.86. The smallest absolute Gasteiger partial charge is 0.223 e. The van der Waals surface area contributed by atoms with Gasteiger partial charge in [-0.05, 0) is 39.2 Å². The van der Waals surface area contributed by atoms with E-state index in [4.69, 9.17) is 0 Å². The van der Waals surface area contributed by atoms with Crippen LogP contribution < -0.4 is 5.32 Å². The minimum atomic E-state index is 0.548. The third kappa shape index (κ3) is 2.20.